The van der Waals surface area contributed by atoms with Crippen molar-refractivity contribution in [2.45, 2.75) is 32.6 Å². The molecule has 2 rings (SSSR count). The van der Waals surface area contributed by atoms with E-state index in [0.29, 0.717) is 18.3 Å². The van der Waals surface area contributed by atoms with Crippen LogP contribution in [0.15, 0.2) is 4.42 Å². The van der Waals surface area contributed by atoms with Crippen LogP contribution in [0.25, 0.3) is 10.8 Å². The fourth-order valence-corrected chi connectivity index (χ4v) is 2.10. The zero-order valence-electron chi connectivity index (χ0n) is 9.72. The quantitative estimate of drug-likeness (QED) is 0.837. The minimum absolute atomic E-state index is 0.524. The summed E-state index contributed by atoms with van der Waals surface area (Å²) in [6.45, 7) is 2.73. The van der Waals surface area contributed by atoms with E-state index in [1.165, 1.54) is 11.5 Å². The summed E-state index contributed by atoms with van der Waals surface area (Å²) in [4.78, 5) is 0.887. The molecule has 0 radical (unpaired) electrons. The maximum Gasteiger partial charge on any atom is 0.261 e. The average Bonchev–Trinajstić information content (AvgIpc) is 2.95. The lowest BCUT2D eigenvalue weighted by Gasteiger charge is -1.93. The second-order valence-corrected chi connectivity index (χ2v) is 4.45. The molecule has 0 saturated carbocycles. The van der Waals surface area contributed by atoms with Crippen LogP contribution < -0.4 is 5.73 Å². The fourth-order valence-electron chi connectivity index (χ4n) is 1.47. The summed E-state index contributed by atoms with van der Waals surface area (Å²) in [5, 5.41) is 12.1. The molecule has 0 aliphatic heterocycles. The predicted octanol–water partition coefficient (Wildman–Crippen LogP) is 1.43. The third-order valence-electron chi connectivity index (χ3n) is 2.30. The minimum Gasteiger partial charge on any atom is -0.420 e. The first-order valence-corrected chi connectivity index (χ1v) is 6.46. The molecule has 6 nitrogen and oxygen atoms in total. The Hall–Kier alpha value is -1.34. The van der Waals surface area contributed by atoms with Crippen LogP contribution in [0.4, 0.5) is 0 Å². The number of aromatic nitrogens is 4. The van der Waals surface area contributed by atoms with Crippen molar-refractivity contribution in [3.05, 3.63) is 11.6 Å². The maximum absolute atomic E-state index is 5.57. The van der Waals surface area contributed by atoms with Crippen LogP contribution in [0.1, 0.15) is 31.4 Å². The van der Waals surface area contributed by atoms with E-state index >= 15 is 0 Å². The van der Waals surface area contributed by atoms with Gasteiger partial charge in [-0.1, -0.05) is 17.8 Å². The van der Waals surface area contributed by atoms with Crippen molar-refractivity contribution < 1.29 is 4.42 Å². The van der Waals surface area contributed by atoms with Crippen molar-refractivity contribution in [2.75, 3.05) is 6.54 Å². The molecule has 0 aliphatic rings. The molecule has 0 spiro atoms. The maximum atomic E-state index is 5.57. The first-order valence-electron chi connectivity index (χ1n) is 5.69. The molecule has 0 saturated heterocycles. The fraction of sp³-hybridized carbons (Fsp3) is 0.600. The monoisotopic (exact) mass is 253 g/mol. The molecular weight excluding hydrogens is 238 g/mol. The number of hydrogen-bond donors (Lipinski definition) is 1. The normalized spacial score (nSPS) is 10.9. The van der Waals surface area contributed by atoms with Crippen molar-refractivity contribution in [1.82, 2.24) is 19.8 Å². The molecule has 0 bridgehead atoms. The largest absolute Gasteiger partial charge is 0.420 e. The second kappa shape index (κ2) is 5.83. The highest BCUT2D eigenvalue weighted by Gasteiger charge is 2.16. The van der Waals surface area contributed by atoms with Crippen molar-refractivity contribution in [1.29, 1.82) is 0 Å². The van der Waals surface area contributed by atoms with Gasteiger partial charge < -0.3 is 10.2 Å². The summed E-state index contributed by atoms with van der Waals surface area (Å²) < 4.78 is 9.50. The summed E-state index contributed by atoms with van der Waals surface area (Å²) >= 11 is 1.30. The van der Waals surface area contributed by atoms with E-state index in [1.807, 2.05) is 0 Å². The lowest BCUT2D eigenvalue weighted by Crippen LogP contribution is -2.00. The van der Waals surface area contributed by atoms with Gasteiger partial charge in [0.2, 0.25) is 5.89 Å². The Balaban J connectivity index is 2.15. The average molecular weight is 253 g/mol. The van der Waals surface area contributed by atoms with Gasteiger partial charge in [0.15, 0.2) is 0 Å². The predicted molar refractivity (Wildman–Crippen MR) is 64.6 cm³/mol. The van der Waals surface area contributed by atoms with Crippen LogP contribution >= 0.6 is 11.5 Å². The SMILES string of the molecule is CCCc1nnsc1-c1nnc(CCCN)o1. The van der Waals surface area contributed by atoms with Crippen molar-refractivity contribution in [3.63, 3.8) is 0 Å². The lowest BCUT2D eigenvalue weighted by molar-refractivity contribution is 0.499. The van der Waals surface area contributed by atoms with Gasteiger partial charge in [0.05, 0.1) is 5.69 Å². The van der Waals surface area contributed by atoms with E-state index < -0.39 is 0 Å². The minimum atomic E-state index is 0.524. The molecule has 2 aromatic heterocycles. The highest BCUT2D eigenvalue weighted by atomic mass is 32.1. The zero-order valence-corrected chi connectivity index (χ0v) is 10.5. The van der Waals surface area contributed by atoms with Crippen molar-refractivity contribution in [3.8, 4) is 10.8 Å². The van der Waals surface area contributed by atoms with E-state index in [2.05, 4.69) is 26.7 Å². The van der Waals surface area contributed by atoms with Crippen LogP contribution in [0.2, 0.25) is 0 Å². The Kier molecular flexibility index (Phi) is 4.16. The first kappa shape index (κ1) is 12.1. The van der Waals surface area contributed by atoms with Crippen LogP contribution in [-0.2, 0) is 12.8 Å². The Labute approximate surface area is 103 Å². The molecule has 0 aliphatic carbocycles. The molecule has 0 unspecified atom stereocenters. The summed E-state index contributed by atoms with van der Waals surface area (Å²) in [6.07, 6.45) is 3.47. The third-order valence-corrected chi connectivity index (χ3v) is 3.05. The van der Waals surface area contributed by atoms with Gasteiger partial charge in [-0.25, -0.2) is 0 Å². The molecule has 92 valence electrons. The number of hydrogen-bond acceptors (Lipinski definition) is 7. The molecule has 2 heterocycles. The smallest absolute Gasteiger partial charge is 0.261 e. The van der Waals surface area contributed by atoms with Crippen LogP contribution in [0.3, 0.4) is 0 Å². The van der Waals surface area contributed by atoms with Gasteiger partial charge >= 0.3 is 0 Å². The molecule has 2 N–H and O–H groups in total. The van der Waals surface area contributed by atoms with Gasteiger partial charge in [-0.15, -0.1) is 15.3 Å². The Bertz CT molecular complexity index is 467. The highest BCUT2D eigenvalue weighted by Crippen LogP contribution is 2.25. The molecule has 0 atom stereocenters. The third kappa shape index (κ3) is 2.86. The number of nitrogens with two attached hydrogens (primary N) is 1. The van der Waals surface area contributed by atoms with Crippen LogP contribution in [0, 0.1) is 0 Å². The Morgan fingerprint density at radius 3 is 2.88 bits per heavy atom. The van der Waals surface area contributed by atoms with E-state index in [9.17, 15) is 0 Å². The number of aryl methyl sites for hydroxylation is 2. The van der Waals surface area contributed by atoms with Gasteiger partial charge in [-0.2, -0.15) is 0 Å². The Morgan fingerprint density at radius 2 is 2.12 bits per heavy atom. The van der Waals surface area contributed by atoms with Gasteiger partial charge in [-0.3, -0.25) is 0 Å². The molecule has 0 aromatic carbocycles. The molecule has 17 heavy (non-hydrogen) atoms. The molecule has 0 amide bonds. The van der Waals surface area contributed by atoms with E-state index in [1.54, 1.807) is 0 Å². The van der Waals surface area contributed by atoms with Gasteiger partial charge in [0, 0.05) is 6.42 Å². The van der Waals surface area contributed by atoms with Crippen LogP contribution in [-0.4, -0.2) is 26.3 Å². The van der Waals surface area contributed by atoms with Crippen LogP contribution in [0.5, 0.6) is 0 Å². The van der Waals surface area contributed by atoms with Crippen molar-refractivity contribution in [2.24, 2.45) is 5.73 Å². The lowest BCUT2D eigenvalue weighted by atomic mass is 10.2. The number of nitrogens with zero attached hydrogens (tertiary/aromatic N) is 4. The highest BCUT2D eigenvalue weighted by molar-refractivity contribution is 7.09. The van der Waals surface area contributed by atoms with E-state index in [4.69, 9.17) is 10.2 Å². The molecular formula is C10H15N5OS. The summed E-state index contributed by atoms with van der Waals surface area (Å²) in [7, 11) is 0. The molecule has 0 fully saturated rings. The Morgan fingerprint density at radius 1 is 1.24 bits per heavy atom. The van der Waals surface area contributed by atoms with E-state index in [-0.39, 0.29) is 0 Å². The van der Waals surface area contributed by atoms with Gasteiger partial charge in [0.1, 0.15) is 4.88 Å². The molecule has 7 heteroatoms. The molecule has 2 aromatic rings. The second-order valence-electron chi connectivity index (χ2n) is 3.69. The standard InChI is InChI=1S/C10H15N5OS/c1-2-4-7-9(17-15-12-7)10-14-13-8(16-10)5-3-6-11/h2-6,11H2,1H3. The first-order chi connectivity index (χ1) is 8.35. The summed E-state index contributed by atoms with van der Waals surface area (Å²) in [5.41, 5.74) is 6.37. The van der Waals surface area contributed by atoms with Crippen molar-refractivity contribution >= 4 is 11.5 Å². The zero-order chi connectivity index (χ0) is 12.1. The summed E-state index contributed by atoms with van der Waals surface area (Å²) in [6, 6.07) is 0. The van der Waals surface area contributed by atoms with Gasteiger partial charge in [0.25, 0.3) is 5.89 Å². The topological polar surface area (TPSA) is 90.7 Å². The number of rotatable bonds is 6. The van der Waals surface area contributed by atoms with Gasteiger partial charge in [-0.05, 0) is 30.9 Å². The summed E-state index contributed by atoms with van der Waals surface area (Å²) in [5.74, 6) is 1.15. The van der Waals surface area contributed by atoms with E-state index in [0.717, 1.165) is 36.3 Å².